The van der Waals surface area contributed by atoms with E-state index in [0.29, 0.717) is 80.5 Å². The number of aromatic carboxylic acids is 1. The number of hydrogen-bond acceptors (Lipinski definition) is 20. The molecule has 1 aromatic heterocycles. The fourth-order valence-corrected chi connectivity index (χ4v) is 13.1. The Labute approximate surface area is 481 Å². The lowest BCUT2D eigenvalue weighted by Gasteiger charge is -2.49. The number of anilines is 1. The van der Waals surface area contributed by atoms with E-state index in [1.165, 1.54) is 6.20 Å². The number of fused-ring (bicyclic) bond motifs is 2. The number of benzene rings is 1. The van der Waals surface area contributed by atoms with Gasteiger partial charge in [0.15, 0.2) is 24.3 Å². The number of methoxy groups -OCH3 is 1. The van der Waals surface area contributed by atoms with Crippen LogP contribution < -0.4 is 16.1 Å². The van der Waals surface area contributed by atoms with Crippen molar-refractivity contribution in [3.05, 3.63) is 39.1 Å². The Morgan fingerprint density at radius 2 is 1.63 bits per heavy atom. The van der Waals surface area contributed by atoms with Crippen LogP contribution in [-0.2, 0) is 52.2 Å². The van der Waals surface area contributed by atoms with E-state index in [2.05, 4.69) is 15.5 Å². The van der Waals surface area contributed by atoms with Crippen molar-refractivity contribution >= 4 is 46.3 Å². The molecule has 2 aromatic rings. The van der Waals surface area contributed by atoms with Crippen LogP contribution in [0.4, 0.5) is 10.5 Å². The average Bonchev–Trinajstić information content (AvgIpc) is 4.26. The van der Waals surface area contributed by atoms with Gasteiger partial charge in [0.25, 0.3) is 0 Å². The predicted molar refractivity (Wildman–Crippen MR) is 302 cm³/mol. The molecule has 0 spiro atoms. The topological polar surface area (TPSA) is 257 Å². The number of carboxylic acids is 1. The first kappa shape index (κ1) is 64.8. The third kappa shape index (κ3) is 14.8. The highest BCUT2D eigenvalue weighted by Gasteiger charge is 2.58. The first-order valence-electron chi connectivity index (χ1n) is 28.9. The highest BCUT2D eigenvalue weighted by atomic mass is 35.5. The number of likely N-dealkylation sites (N-methyl/N-ethyl adjacent to an activating group) is 2. The van der Waals surface area contributed by atoms with Crippen molar-refractivity contribution in [1.82, 2.24) is 19.7 Å². The van der Waals surface area contributed by atoms with E-state index in [4.69, 9.17) is 59.0 Å². The molecule has 0 unspecified atom stereocenters. The maximum atomic E-state index is 14.8. The van der Waals surface area contributed by atoms with Crippen molar-refractivity contribution in [3.63, 3.8) is 0 Å². The Balaban J connectivity index is 1.01. The highest BCUT2D eigenvalue weighted by molar-refractivity contribution is 6.34. The molecule has 81 heavy (non-hydrogen) atoms. The van der Waals surface area contributed by atoms with Gasteiger partial charge in [-0.25, -0.2) is 9.59 Å². The molecule has 0 radical (unpaired) electrons. The summed E-state index contributed by atoms with van der Waals surface area (Å²) < 4.78 is 65.4. The largest absolute Gasteiger partial charge is 0.509 e. The molecule has 1 aromatic carbocycles. The van der Waals surface area contributed by atoms with Crippen LogP contribution in [0.15, 0.2) is 23.1 Å². The maximum Gasteiger partial charge on any atom is 0.509 e. The summed E-state index contributed by atoms with van der Waals surface area (Å²) >= 11 is 6.62. The van der Waals surface area contributed by atoms with Crippen LogP contribution in [0.3, 0.4) is 0 Å². The number of cyclic esters (lactones) is 1. The van der Waals surface area contributed by atoms with E-state index in [-0.39, 0.29) is 48.6 Å². The second-order valence-electron chi connectivity index (χ2n) is 24.4. The molecule has 1 saturated carbocycles. The lowest BCUT2D eigenvalue weighted by molar-refractivity contribution is -0.320. The molecule has 23 heteroatoms. The lowest BCUT2D eigenvalue weighted by Crippen LogP contribution is -2.61. The fourth-order valence-electron chi connectivity index (χ4n) is 12.8. The summed E-state index contributed by atoms with van der Waals surface area (Å²) in [5.74, 6) is -3.86. The van der Waals surface area contributed by atoms with Crippen LogP contribution in [0, 0.1) is 17.8 Å². The van der Waals surface area contributed by atoms with E-state index >= 15 is 0 Å². The number of esters is 1. The maximum absolute atomic E-state index is 14.8. The van der Waals surface area contributed by atoms with Gasteiger partial charge in [-0.1, -0.05) is 32.4 Å². The molecule has 0 bridgehead atoms. The molecule has 0 amide bonds. The molecule has 4 saturated heterocycles. The van der Waals surface area contributed by atoms with Gasteiger partial charge in [-0.3, -0.25) is 14.5 Å². The zero-order valence-corrected chi connectivity index (χ0v) is 50.7. The minimum absolute atomic E-state index is 0.143. The van der Waals surface area contributed by atoms with Gasteiger partial charge < -0.3 is 82.8 Å². The Kier molecular flexibility index (Phi) is 21.7. The van der Waals surface area contributed by atoms with Gasteiger partial charge in [0.05, 0.1) is 77.6 Å². The molecular formula is C58H92ClN5O17. The van der Waals surface area contributed by atoms with Gasteiger partial charge in [0.2, 0.25) is 5.43 Å². The standard InChI is InChI=1S/C58H92ClN5O17/c1-15-44-58(10)50(80-55(70)81-58)35(6)63(13)29-31(2)27-56(8,71)49(79-54-47(66)43(62(11)12)24-32(3)75-54)33(4)48(34(5)53(69)77-44)78-45-28-57(9,72-14)51(36(7)76-45)74-23-19-60-18-21-73-22-20-61-41-25-38-42(26-40(41)59)64(37-16-17-37)30-39(46(38)65)52(67)68/h25-26,30-37,43-45,47-51,54,60-61,66,71H,15-24,27-29H2,1-14H3,(H,67,68)/t31-,32-,33+,34-,35-,36+,43+,44-,45+,47-,48+,49-,50-,51+,54+,56-,57-,58-/m1/s1. The van der Waals surface area contributed by atoms with E-state index in [0.717, 1.165) is 12.8 Å². The lowest BCUT2D eigenvalue weighted by atomic mass is 9.77. The summed E-state index contributed by atoms with van der Waals surface area (Å²) in [5.41, 5.74) is -3.58. The van der Waals surface area contributed by atoms with Crippen LogP contribution in [-0.4, -0.2) is 212 Å². The molecular weight excluding hydrogens is 1070 g/mol. The molecule has 22 nitrogen and oxygen atoms in total. The van der Waals surface area contributed by atoms with E-state index in [1.807, 2.05) is 79.1 Å². The van der Waals surface area contributed by atoms with Crippen LogP contribution in [0.25, 0.3) is 10.9 Å². The number of aromatic nitrogens is 1. The monoisotopic (exact) mass is 1170 g/mol. The molecule has 18 atom stereocenters. The first-order chi connectivity index (χ1) is 38.1. The van der Waals surface area contributed by atoms with Gasteiger partial charge in [0, 0.05) is 75.3 Å². The second-order valence-corrected chi connectivity index (χ2v) is 24.8. The van der Waals surface area contributed by atoms with Crippen LogP contribution in [0.2, 0.25) is 5.02 Å². The van der Waals surface area contributed by atoms with Crippen molar-refractivity contribution in [2.45, 2.75) is 204 Å². The number of carboxylic acid groups (broad SMARTS) is 1. The van der Waals surface area contributed by atoms with Crippen molar-refractivity contribution in [2.24, 2.45) is 17.8 Å². The Hall–Kier alpha value is -3.75. The van der Waals surface area contributed by atoms with Crippen LogP contribution in [0.1, 0.15) is 124 Å². The Bertz CT molecular complexity index is 2540. The number of nitrogens with one attached hydrogen (secondary N) is 2. The third-order valence-corrected chi connectivity index (χ3v) is 17.8. The highest BCUT2D eigenvalue weighted by Crippen LogP contribution is 2.43. The van der Waals surface area contributed by atoms with Gasteiger partial charge >= 0.3 is 18.1 Å². The zero-order valence-electron chi connectivity index (χ0n) is 49.9. The average molecular weight is 1170 g/mol. The number of carbonyl (C=O) groups excluding carboxylic acids is 2. The first-order valence-corrected chi connectivity index (χ1v) is 29.3. The summed E-state index contributed by atoms with van der Waals surface area (Å²) in [6.07, 6.45) is -4.75. The minimum Gasteiger partial charge on any atom is -0.477 e. The predicted octanol–water partition coefficient (Wildman–Crippen LogP) is 5.83. The van der Waals surface area contributed by atoms with E-state index in [1.54, 1.807) is 40.0 Å². The molecule has 5 heterocycles. The Morgan fingerprint density at radius 1 is 0.938 bits per heavy atom. The molecule has 5 N–H and O–H groups in total. The molecule has 7 rings (SSSR count). The SMILES string of the molecule is CC[C@H]1OC(=O)[C@H](C)[C@@H](O[C@H]2C[C@@](C)(OC)[C@@H](OCCNCCOCCNc3cc4c(=O)c(C(=O)O)cn(C5CC5)c4cc3Cl)[C@H](C)O2)[C@H](C)[C@@H](O[C@@H]2O[C@H](C)C[C@H](N(C)C)[C@H]2O)[C@](C)(O)C[C@@H](C)CN(C)[C@H](C)[C@H]2OC(=O)O[C@@]21C. The summed E-state index contributed by atoms with van der Waals surface area (Å²) in [4.78, 5) is 56.7. The summed E-state index contributed by atoms with van der Waals surface area (Å²) in [7, 11) is 7.30. The number of rotatable bonds is 20. The van der Waals surface area contributed by atoms with E-state index < -0.39 is 107 Å². The van der Waals surface area contributed by atoms with Crippen molar-refractivity contribution in [1.29, 1.82) is 0 Å². The quantitative estimate of drug-likeness (QED) is 0.0772. The van der Waals surface area contributed by atoms with Gasteiger partial charge in [-0.15, -0.1) is 0 Å². The molecule has 458 valence electrons. The Morgan fingerprint density at radius 3 is 2.28 bits per heavy atom. The van der Waals surface area contributed by atoms with Crippen molar-refractivity contribution < 1.29 is 77.1 Å². The molecule has 5 aliphatic rings. The van der Waals surface area contributed by atoms with Gasteiger partial charge in [-0.2, -0.15) is 0 Å². The molecule has 1 aliphatic carbocycles. The number of hydrogen-bond donors (Lipinski definition) is 5. The molecule has 4 aliphatic heterocycles. The normalized spacial score (nSPS) is 37.5. The van der Waals surface area contributed by atoms with E-state index in [9.17, 15) is 34.5 Å². The number of halogens is 1. The summed E-state index contributed by atoms with van der Waals surface area (Å²) in [5, 5.41) is 41.6. The fraction of sp³-hybridized carbons (Fsp3) is 0.793. The van der Waals surface area contributed by atoms with Gasteiger partial charge in [0.1, 0.15) is 23.9 Å². The van der Waals surface area contributed by atoms with Crippen LogP contribution in [0.5, 0.6) is 0 Å². The number of aliphatic hydroxyl groups excluding tert-OH is 1. The zero-order chi connectivity index (χ0) is 59.5. The smallest absolute Gasteiger partial charge is 0.477 e. The number of aliphatic hydroxyl groups is 2. The van der Waals surface area contributed by atoms with Crippen LogP contribution >= 0.6 is 11.6 Å². The minimum atomic E-state index is -1.59. The third-order valence-electron chi connectivity index (χ3n) is 17.5. The van der Waals surface area contributed by atoms with Gasteiger partial charge in [-0.05, 0) is 120 Å². The number of nitrogens with zero attached hydrogens (tertiary/aromatic N) is 3. The van der Waals surface area contributed by atoms with Crippen molar-refractivity contribution in [3.8, 4) is 0 Å². The van der Waals surface area contributed by atoms with Crippen molar-refractivity contribution in [2.75, 3.05) is 79.6 Å². The number of pyridine rings is 1. The summed E-state index contributed by atoms with van der Waals surface area (Å²) in [6, 6.07) is 2.77. The summed E-state index contributed by atoms with van der Waals surface area (Å²) in [6.45, 7) is 21.5. The number of carbonyl (C=O) groups is 3. The number of ether oxygens (including phenoxy) is 10. The molecule has 5 fully saturated rings. The second kappa shape index (κ2) is 27.1.